The van der Waals surface area contributed by atoms with Crippen LogP contribution in [0.3, 0.4) is 0 Å². The van der Waals surface area contributed by atoms with E-state index in [4.69, 9.17) is 11.2 Å². The van der Waals surface area contributed by atoms with E-state index in [1.54, 1.807) is 7.11 Å². The van der Waals surface area contributed by atoms with Crippen LogP contribution in [0, 0.1) is 12.3 Å². The first-order valence-electron chi connectivity index (χ1n) is 6.05. The molecule has 0 amide bonds. The summed E-state index contributed by atoms with van der Waals surface area (Å²) in [6.45, 7) is 4.27. The molecule has 2 heteroatoms. The van der Waals surface area contributed by atoms with Gasteiger partial charge in [-0.15, -0.1) is 12.3 Å². The topological polar surface area (TPSA) is 21.3 Å². The zero-order chi connectivity index (χ0) is 12.7. The average Bonchev–Trinajstić information content (AvgIpc) is 2.36. The summed E-state index contributed by atoms with van der Waals surface area (Å²) < 4.78 is 5.39. The molecule has 17 heavy (non-hydrogen) atoms. The lowest BCUT2D eigenvalue weighted by Gasteiger charge is -2.23. The van der Waals surface area contributed by atoms with Gasteiger partial charge in [-0.1, -0.05) is 25.1 Å². The molecule has 92 valence electrons. The SMILES string of the molecule is C#CCC(C)NC(CC)c1ccccc1OC. The van der Waals surface area contributed by atoms with Crippen LogP contribution in [-0.4, -0.2) is 13.2 Å². The maximum atomic E-state index is 5.39. The van der Waals surface area contributed by atoms with Crippen molar-refractivity contribution >= 4 is 0 Å². The van der Waals surface area contributed by atoms with Crippen molar-refractivity contribution in [3.63, 3.8) is 0 Å². The van der Waals surface area contributed by atoms with E-state index in [9.17, 15) is 0 Å². The Labute approximate surface area is 104 Å². The molecular formula is C15H21NO. The van der Waals surface area contributed by atoms with E-state index in [0.717, 1.165) is 18.6 Å². The first-order valence-corrected chi connectivity index (χ1v) is 6.05. The van der Waals surface area contributed by atoms with Crippen molar-refractivity contribution in [2.75, 3.05) is 7.11 Å². The fraction of sp³-hybridized carbons (Fsp3) is 0.467. The number of benzene rings is 1. The number of hydrogen-bond donors (Lipinski definition) is 1. The Bertz CT molecular complexity index is 381. The Morgan fingerprint density at radius 2 is 2.12 bits per heavy atom. The highest BCUT2D eigenvalue weighted by atomic mass is 16.5. The standard InChI is InChI=1S/C15H21NO/c1-5-9-12(3)16-14(6-2)13-10-7-8-11-15(13)17-4/h1,7-8,10-12,14,16H,6,9H2,2-4H3. The molecule has 0 aliphatic rings. The molecule has 2 nitrogen and oxygen atoms in total. The van der Waals surface area contributed by atoms with Gasteiger partial charge in [-0.05, 0) is 19.4 Å². The summed E-state index contributed by atoms with van der Waals surface area (Å²) in [5.41, 5.74) is 1.20. The largest absolute Gasteiger partial charge is 0.496 e. The average molecular weight is 231 g/mol. The van der Waals surface area contributed by atoms with Gasteiger partial charge in [0.2, 0.25) is 0 Å². The molecule has 0 aromatic heterocycles. The molecule has 1 aromatic rings. The lowest BCUT2D eigenvalue weighted by atomic mass is 10.0. The second-order valence-corrected chi connectivity index (χ2v) is 4.18. The Morgan fingerprint density at radius 3 is 2.71 bits per heavy atom. The molecule has 0 spiro atoms. The highest BCUT2D eigenvalue weighted by molar-refractivity contribution is 5.35. The third kappa shape index (κ3) is 3.80. The van der Waals surface area contributed by atoms with Crippen molar-refractivity contribution < 1.29 is 4.74 Å². The molecule has 1 N–H and O–H groups in total. The Hall–Kier alpha value is -1.46. The summed E-state index contributed by atoms with van der Waals surface area (Å²) in [7, 11) is 1.70. The maximum Gasteiger partial charge on any atom is 0.123 e. The van der Waals surface area contributed by atoms with E-state index in [0.29, 0.717) is 6.04 Å². The van der Waals surface area contributed by atoms with Crippen molar-refractivity contribution in [3.05, 3.63) is 29.8 Å². The molecule has 0 radical (unpaired) electrons. The molecular weight excluding hydrogens is 210 g/mol. The van der Waals surface area contributed by atoms with E-state index >= 15 is 0 Å². The van der Waals surface area contributed by atoms with Crippen LogP contribution in [0.15, 0.2) is 24.3 Å². The number of rotatable bonds is 6. The fourth-order valence-electron chi connectivity index (χ4n) is 1.96. The van der Waals surface area contributed by atoms with Crippen LogP contribution in [-0.2, 0) is 0 Å². The summed E-state index contributed by atoms with van der Waals surface area (Å²) in [6, 6.07) is 8.71. The summed E-state index contributed by atoms with van der Waals surface area (Å²) in [4.78, 5) is 0. The molecule has 0 aliphatic carbocycles. The number of terminal acetylenes is 1. The molecule has 1 aromatic carbocycles. The van der Waals surface area contributed by atoms with Gasteiger partial charge in [0.05, 0.1) is 7.11 Å². The minimum Gasteiger partial charge on any atom is -0.496 e. The summed E-state index contributed by atoms with van der Waals surface area (Å²) >= 11 is 0. The Balaban J connectivity index is 2.82. The normalized spacial score (nSPS) is 13.8. The molecule has 0 saturated carbocycles. The number of nitrogens with one attached hydrogen (secondary N) is 1. The second-order valence-electron chi connectivity index (χ2n) is 4.18. The predicted octanol–water partition coefficient (Wildman–Crippen LogP) is 3.15. The van der Waals surface area contributed by atoms with Crippen LogP contribution in [0.5, 0.6) is 5.75 Å². The van der Waals surface area contributed by atoms with Gasteiger partial charge < -0.3 is 10.1 Å². The molecule has 0 bridgehead atoms. The van der Waals surface area contributed by atoms with E-state index in [2.05, 4.69) is 31.2 Å². The Morgan fingerprint density at radius 1 is 1.41 bits per heavy atom. The first kappa shape index (κ1) is 13.6. The zero-order valence-corrected chi connectivity index (χ0v) is 10.9. The van der Waals surface area contributed by atoms with Gasteiger partial charge >= 0.3 is 0 Å². The molecule has 1 rings (SSSR count). The molecule has 0 saturated heterocycles. The van der Waals surface area contributed by atoms with Crippen LogP contribution in [0.2, 0.25) is 0 Å². The summed E-state index contributed by atoms with van der Waals surface area (Å²) in [6.07, 6.45) is 7.08. The Kier molecular flexibility index (Phi) is 5.59. The minimum atomic E-state index is 0.287. The quantitative estimate of drug-likeness (QED) is 0.759. The van der Waals surface area contributed by atoms with Crippen LogP contribution >= 0.6 is 0 Å². The molecule has 0 aliphatic heterocycles. The zero-order valence-electron chi connectivity index (χ0n) is 10.9. The third-order valence-corrected chi connectivity index (χ3v) is 2.83. The van der Waals surface area contributed by atoms with E-state index in [1.807, 2.05) is 18.2 Å². The number of ether oxygens (including phenoxy) is 1. The lowest BCUT2D eigenvalue weighted by Crippen LogP contribution is -2.30. The highest BCUT2D eigenvalue weighted by Gasteiger charge is 2.15. The predicted molar refractivity (Wildman–Crippen MR) is 72.1 cm³/mol. The second kappa shape index (κ2) is 6.98. The minimum absolute atomic E-state index is 0.287. The van der Waals surface area contributed by atoms with Crippen molar-refractivity contribution in [1.29, 1.82) is 0 Å². The van der Waals surface area contributed by atoms with Crippen LogP contribution in [0.25, 0.3) is 0 Å². The van der Waals surface area contributed by atoms with Crippen molar-refractivity contribution in [2.45, 2.75) is 38.8 Å². The molecule has 2 unspecified atom stereocenters. The van der Waals surface area contributed by atoms with Gasteiger partial charge in [0.25, 0.3) is 0 Å². The van der Waals surface area contributed by atoms with E-state index < -0.39 is 0 Å². The lowest BCUT2D eigenvalue weighted by molar-refractivity contribution is 0.387. The molecule has 0 fully saturated rings. The number of hydrogen-bond acceptors (Lipinski definition) is 2. The van der Waals surface area contributed by atoms with Gasteiger partial charge in [0.15, 0.2) is 0 Å². The van der Waals surface area contributed by atoms with E-state index in [-0.39, 0.29) is 6.04 Å². The number of para-hydroxylation sites is 1. The fourth-order valence-corrected chi connectivity index (χ4v) is 1.96. The van der Waals surface area contributed by atoms with Gasteiger partial charge in [-0.25, -0.2) is 0 Å². The monoisotopic (exact) mass is 231 g/mol. The summed E-state index contributed by atoms with van der Waals surface area (Å²) in [5, 5.41) is 3.54. The summed E-state index contributed by atoms with van der Waals surface area (Å²) in [5.74, 6) is 3.61. The van der Waals surface area contributed by atoms with Crippen molar-refractivity contribution in [1.82, 2.24) is 5.32 Å². The smallest absolute Gasteiger partial charge is 0.123 e. The maximum absolute atomic E-state index is 5.39. The third-order valence-electron chi connectivity index (χ3n) is 2.83. The van der Waals surface area contributed by atoms with Gasteiger partial charge in [-0.3, -0.25) is 0 Å². The van der Waals surface area contributed by atoms with Crippen LogP contribution in [0.1, 0.15) is 38.3 Å². The molecule has 0 heterocycles. The van der Waals surface area contributed by atoms with Crippen LogP contribution in [0.4, 0.5) is 0 Å². The highest BCUT2D eigenvalue weighted by Crippen LogP contribution is 2.27. The van der Waals surface area contributed by atoms with Crippen molar-refractivity contribution in [2.24, 2.45) is 0 Å². The van der Waals surface area contributed by atoms with E-state index in [1.165, 1.54) is 5.56 Å². The van der Waals surface area contributed by atoms with Crippen molar-refractivity contribution in [3.8, 4) is 18.1 Å². The first-order chi connectivity index (χ1) is 8.22. The molecule has 2 atom stereocenters. The van der Waals surface area contributed by atoms with Gasteiger partial charge in [-0.2, -0.15) is 0 Å². The number of methoxy groups -OCH3 is 1. The van der Waals surface area contributed by atoms with Gasteiger partial charge in [0.1, 0.15) is 5.75 Å². The van der Waals surface area contributed by atoms with Gasteiger partial charge in [0, 0.05) is 24.1 Å². The van der Waals surface area contributed by atoms with Crippen LogP contribution < -0.4 is 10.1 Å².